The fourth-order valence-corrected chi connectivity index (χ4v) is 9.74. The van der Waals surface area contributed by atoms with Gasteiger partial charge in [0.1, 0.15) is 11.2 Å². The third-order valence-electron chi connectivity index (χ3n) is 13.2. The second-order valence-corrected chi connectivity index (χ2v) is 17.4. The smallest absolute Gasteiger partial charge is 0.178 e. The third kappa shape index (κ3) is 5.89. The molecule has 0 amide bonds. The minimum Gasteiger partial charge on any atom is -0.452 e. The van der Waals surface area contributed by atoms with Gasteiger partial charge in [-0.25, -0.2) is 0 Å². The minimum absolute atomic E-state index is 0.798. The van der Waals surface area contributed by atoms with E-state index < -0.39 is 0 Å². The van der Waals surface area contributed by atoms with Gasteiger partial charge in [0.2, 0.25) is 0 Å². The van der Waals surface area contributed by atoms with Crippen molar-refractivity contribution in [3.8, 4) is 0 Å². The summed E-state index contributed by atoms with van der Waals surface area (Å²) in [7, 11) is 0. The molecule has 0 fully saturated rings. The molecule has 11 rings (SSSR count). The van der Waals surface area contributed by atoms with Gasteiger partial charge in [0, 0.05) is 55.7 Å². The van der Waals surface area contributed by atoms with E-state index in [9.17, 15) is 0 Å². The van der Waals surface area contributed by atoms with Crippen molar-refractivity contribution < 1.29 is 8.83 Å². The monoisotopic (exact) mass is 804 g/mol. The number of hydrogen-bond donors (Lipinski definition) is 0. The normalized spacial score (nSPS) is 11.9. The molecule has 0 radical (unpaired) electrons. The summed E-state index contributed by atoms with van der Waals surface area (Å²) in [5, 5.41) is 9.00. The van der Waals surface area contributed by atoms with E-state index >= 15 is 0 Å². The molecule has 11 aromatic rings. The summed E-state index contributed by atoms with van der Waals surface area (Å²) >= 11 is 0. The quantitative estimate of drug-likeness (QED) is 0.168. The highest BCUT2D eigenvalue weighted by Gasteiger charge is 2.24. The lowest BCUT2D eigenvalue weighted by Crippen LogP contribution is -2.12. The van der Waals surface area contributed by atoms with Gasteiger partial charge < -0.3 is 18.6 Å². The lowest BCUT2D eigenvalue weighted by molar-refractivity contribution is 0.633. The van der Waals surface area contributed by atoms with E-state index in [-0.39, 0.29) is 0 Å². The van der Waals surface area contributed by atoms with Gasteiger partial charge in [0.25, 0.3) is 0 Å². The van der Waals surface area contributed by atoms with Crippen molar-refractivity contribution in [2.24, 2.45) is 0 Å². The Balaban J connectivity index is 1.08. The van der Waals surface area contributed by atoms with Crippen LogP contribution in [0.4, 0.5) is 34.1 Å². The van der Waals surface area contributed by atoms with Crippen LogP contribution < -0.4 is 9.80 Å². The molecule has 2 aromatic heterocycles. The molecule has 0 spiro atoms. The van der Waals surface area contributed by atoms with Gasteiger partial charge in [-0.05, 0) is 194 Å². The Kier molecular flexibility index (Phi) is 8.59. The topological polar surface area (TPSA) is 32.8 Å². The average molecular weight is 805 g/mol. The fourth-order valence-electron chi connectivity index (χ4n) is 9.74. The predicted molar refractivity (Wildman–Crippen MR) is 263 cm³/mol. The van der Waals surface area contributed by atoms with E-state index in [0.29, 0.717) is 0 Å². The fraction of sp³-hybridized carbons (Fsp3) is 0.138. The first kappa shape index (κ1) is 37.7. The van der Waals surface area contributed by atoms with E-state index in [1.165, 1.54) is 66.7 Å². The number of para-hydroxylation sites is 2. The van der Waals surface area contributed by atoms with Crippen LogP contribution in [-0.2, 0) is 0 Å². The Labute approximate surface area is 362 Å². The largest absolute Gasteiger partial charge is 0.452 e. The van der Waals surface area contributed by atoms with Crippen LogP contribution in [-0.4, -0.2) is 0 Å². The van der Waals surface area contributed by atoms with Crippen LogP contribution in [0.3, 0.4) is 0 Å². The van der Waals surface area contributed by atoms with Gasteiger partial charge in [-0.2, -0.15) is 0 Å². The number of nitrogens with zero attached hydrogens (tertiary/aromatic N) is 2. The number of hydrogen-bond acceptors (Lipinski definition) is 4. The summed E-state index contributed by atoms with van der Waals surface area (Å²) in [6.45, 7) is 17.5. The molecule has 0 bridgehead atoms. The van der Waals surface area contributed by atoms with Crippen molar-refractivity contribution in [1.82, 2.24) is 0 Å². The first-order valence-corrected chi connectivity index (χ1v) is 21.6. The second-order valence-electron chi connectivity index (χ2n) is 17.4. The first-order valence-electron chi connectivity index (χ1n) is 21.6. The maximum atomic E-state index is 6.93. The first-order chi connectivity index (χ1) is 30.0. The molecule has 4 heteroatoms. The van der Waals surface area contributed by atoms with Gasteiger partial charge in [-0.1, -0.05) is 72.8 Å². The number of aryl methyl sites for hydroxylation is 8. The number of furan rings is 2. The van der Waals surface area contributed by atoms with Gasteiger partial charge >= 0.3 is 0 Å². The molecule has 0 aliphatic heterocycles. The molecule has 9 aromatic carbocycles. The van der Waals surface area contributed by atoms with Crippen LogP contribution in [0.1, 0.15) is 44.5 Å². The molecular formula is C58H48N2O2. The Morgan fingerprint density at radius 3 is 1.16 bits per heavy atom. The summed E-state index contributed by atoms with van der Waals surface area (Å²) in [5.41, 5.74) is 20.0. The maximum absolute atomic E-state index is 6.93. The highest BCUT2D eigenvalue weighted by Crippen LogP contribution is 2.47. The highest BCUT2D eigenvalue weighted by molar-refractivity contribution is 6.24. The zero-order valence-electron chi connectivity index (χ0n) is 36.6. The number of benzene rings is 9. The van der Waals surface area contributed by atoms with Gasteiger partial charge in [0.15, 0.2) is 11.2 Å². The van der Waals surface area contributed by atoms with Gasteiger partial charge in [-0.3, -0.25) is 0 Å². The Morgan fingerprint density at radius 2 is 0.742 bits per heavy atom. The number of rotatable bonds is 6. The van der Waals surface area contributed by atoms with Crippen LogP contribution in [0.5, 0.6) is 0 Å². The minimum atomic E-state index is 0.798. The summed E-state index contributed by atoms with van der Waals surface area (Å²) in [5.74, 6) is 0. The molecule has 0 N–H and O–H groups in total. The van der Waals surface area contributed by atoms with E-state index in [4.69, 9.17) is 8.83 Å². The van der Waals surface area contributed by atoms with Crippen LogP contribution in [0, 0.1) is 55.4 Å². The van der Waals surface area contributed by atoms with Gasteiger partial charge in [0.05, 0.1) is 0 Å². The van der Waals surface area contributed by atoms with Crippen LogP contribution in [0.2, 0.25) is 0 Å². The van der Waals surface area contributed by atoms with E-state index in [1.807, 2.05) is 0 Å². The molecule has 4 nitrogen and oxygen atoms in total. The zero-order valence-corrected chi connectivity index (χ0v) is 36.6. The van der Waals surface area contributed by atoms with Gasteiger partial charge in [-0.15, -0.1) is 0 Å². The highest BCUT2D eigenvalue weighted by atomic mass is 16.4. The van der Waals surface area contributed by atoms with Crippen molar-refractivity contribution in [3.05, 3.63) is 190 Å². The van der Waals surface area contributed by atoms with Crippen LogP contribution >= 0.6 is 0 Å². The van der Waals surface area contributed by atoms with Crippen molar-refractivity contribution >= 4 is 99.5 Å². The summed E-state index contributed by atoms with van der Waals surface area (Å²) in [6, 6.07) is 53.2. The predicted octanol–water partition coefficient (Wildman–Crippen LogP) is 17.2. The summed E-state index contributed by atoms with van der Waals surface area (Å²) in [4.78, 5) is 4.78. The second kappa shape index (κ2) is 14.1. The molecule has 0 atom stereocenters. The maximum Gasteiger partial charge on any atom is 0.178 e. The molecular weight excluding hydrogens is 757 g/mol. The molecule has 62 heavy (non-hydrogen) atoms. The third-order valence-corrected chi connectivity index (χ3v) is 13.2. The number of anilines is 6. The van der Waals surface area contributed by atoms with Crippen molar-refractivity contribution in [1.29, 1.82) is 0 Å². The van der Waals surface area contributed by atoms with E-state index in [2.05, 4.69) is 211 Å². The molecule has 0 aliphatic rings. The van der Waals surface area contributed by atoms with Crippen molar-refractivity contribution in [3.63, 3.8) is 0 Å². The molecule has 2 heterocycles. The lowest BCUT2D eigenvalue weighted by atomic mass is 9.96. The van der Waals surface area contributed by atoms with Crippen molar-refractivity contribution in [2.45, 2.75) is 55.4 Å². The standard InChI is InChI=1S/C58H48N2O2/c1-33-17-19-37(5)51(25-33)59(49-15-11-9-13-35(49)3)45-23-21-41-29-47-53(31-43(41)27-45)61-57-55(47)39(7)40(8)56-48-30-42-22-24-46(28-44(42)32-54(48)62-58(56)57)60(50-16-12-10-14-36(50)4)52-26-34(2)18-20-38(52)6/h9-32H,1-8H3. The van der Waals surface area contributed by atoms with E-state index in [1.54, 1.807) is 0 Å². The van der Waals surface area contributed by atoms with E-state index in [0.717, 1.165) is 77.4 Å². The van der Waals surface area contributed by atoms with Crippen molar-refractivity contribution in [2.75, 3.05) is 9.80 Å². The molecule has 0 aliphatic carbocycles. The molecule has 302 valence electrons. The Morgan fingerprint density at radius 1 is 0.339 bits per heavy atom. The Hall–Kier alpha value is -7.30. The number of fused-ring (bicyclic) bond motifs is 9. The zero-order chi connectivity index (χ0) is 42.6. The molecule has 0 saturated heterocycles. The summed E-state index contributed by atoms with van der Waals surface area (Å²) < 4.78 is 13.9. The lowest BCUT2D eigenvalue weighted by Gasteiger charge is -2.29. The average Bonchev–Trinajstić information content (AvgIpc) is 3.83. The van der Waals surface area contributed by atoms with Crippen LogP contribution in [0.15, 0.2) is 154 Å². The molecule has 0 unspecified atom stereocenters. The Bertz CT molecular complexity index is 3400. The summed E-state index contributed by atoms with van der Waals surface area (Å²) in [6.07, 6.45) is 0. The van der Waals surface area contributed by atoms with Crippen LogP contribution in [0.25, 0.3) is 65.4 Å². The SMILES string of the molecule is Cc1ccc(C)c(N(c2ccc3cc4c(cc3c2)oc2c3oc5cc6cc(N(c7ccccc7C)c7cc(C)ccc7C)ccc6cc5c3c(C)c(C)c42)c2ccccc2C)c1. The molecule has 0 saturated carbocycles.